The van der Waals surface area contributed by atoms with E-state index in [1.807, 2.05) is 0 Å². The van der Waals surface area contributed by atoms with E-state index in [9.17, 15) is 18.0 Å². The van der Waals surface area contributed by atoms with Gasteiger partial charge in [-0.05, 0) is 23.6 Å². The van der Waals surface area contributed by atoms with Crippen molar-refractivity contribution in [1.29, 1.82) is 0 Å². The van der Waals surface area contributed by atoms with Crippen molar-refractivity contribution in [3.05, 3.63) is 41.5 Å². The molecule has 0 N–H and O–H groups in total. The molecule has 2 aromatic carbocycles. The lowest BCUT2D eigenvalue weighted by molar-refractivity contribution is -0.0150. The second-order valence-corrected chi connectivity index (χ2v) is 7.57. The Morgan fingerprint density at radius 3 is 2.39 bits per heavy atom. The number of hydroxylamine groups is 2. The van der Waals surface area contributed by atoms with Gasteiger partial charge in [-0.1, -0.05) is 12.1 Å². The molecule has 0 saturated carbocycles. The Hall–Kier alpha value is -2.53. The molecule has 0 fully saturated rings. The van der Waals surface area contributed by atoms with Crippen LogP contribution in [0.3, 0.4) is 0 Å². The van der Waals surface area contributed by atoms with Crippen molar-refractivity contribution in [2.75, 3.05) is 39.8 Å². The first-order valence-electron chi connectivity index (χ1n) is 8.36. The number of rotatable bonds is 9. The van der Waals surface area contributed by atoms with Crippen LogP contribution in [0.4, 0.5) is 0 Å². The maximum Gasteiger partial charge on any atom is 0.287 e. The third kappa shape index (κ3) is 4.30. The van der Waals surface area contributed by atoms with E-state index in [-0.39, 0.29) is 22.8 Å². The maximum absolute atomic E-state index is 12.7. The van der Waals surface area contributed by atoms with Crippen LogP contribution < -0.4 is 4.74 Å². The van der Waals surface area contributed by atoms with Crippen molar-refractivity contribution in [2.45, 2.75) is 0 Å². The van der Waals surface area contributed by atoms with Gasteiger partial charge >= 0.3 is 0 Å². The van der Waals surface area contributed by atoms with Gasteiger partial charge in [-0.15, -0.1) is 9.35 Å². The average Bonchev–Trinajstić information content (AvgIpc) is 2.65. The SMILES string of the molecule is COCCOCCOc1cc2c3c(cccc3c1)C(=O)N(OS(C)(=O)=O)C2=O. The highest BCUT2D eigenvalue weighted by atomic mass is 32.2. The second-order valence-electron chi connectivity index (χ2n) is 6.01. The Kier molecular flexibility index (Phi) is 5.94. The molecular formula is C18H19NO8S. The number of hydrogen-bond acceptors (Lipinski definition) is 8. The van der Waals surface area contributed by atoms with E-state index >= 15 is 0 Å². The summed E-state index contributed by atoms with van der Waals surface area (Å²) in [6.07, 6.45) is 0.757. The predicted octanol–water partition coefficient (Wildman–Crippen LogP) is 1.37. The largest absolute Gasteiger partial charge is 0.491 e. The summed E-state index contributed by atoms with van der Waals surface area (Å²) in [5.41, 5.74) is 0.289. The minimum absolute atomic E-state index is 0.117. The molecule has 0 aliphatic carbocycles. The molecular weight excluding hydrogens is 390 g/mol. The van der Waals surface area contributed by atoms with Crippen LogP contribution in [0.5, 0.6) is 5.75 Å². The van der Waals surface area contributed by atoms with E-state index in [2.05, 4.69) is 4.28 Å². The van der Waals surface area contributed by atoms with Gasteiger partial charge in [0.05, 0.1) is 37.2 Å². The predicted molar refractivity (Wildman–Crippen MR) is 98.6 cm³/mol. The fourth-order valence-corrected chi connectivity index (χ4v) is 3.21. The fraction of sp³-hybridized carbons (Fsp3) is 0.333. The molecule has 2 amide bonds. The van der Waals surface area contributed by atoms with Crippen molar-refractivity contribution in [2.24, 2.45) is 0 Å². The monoisotopic (exact) mass is 409 g/mol. The highest BCUT2D eigenvalue weighted by Gasteiger charge is 2.36. The standard InChI is InChI=1S/C18H19NO8S/c1-24-6-7-25-8-9-26-13-10-12-4-3-5-14-16(12)15(11-13)18(21)19(17(14)20)27-28(2,22)23/h3-5,10-11H,6-9H2,1-2H3. The van der Waals surface area contributed by atoms with Crippen molar-refractivity contribution in [3.8, 4) is 5.75 Å². The number of amides is 2. The average molecular weight is 409 g/mol. The second kappa shape index (κ2) is 8.23. The van der Waals surface area contributed by atoms with Gasteiger partial charge in [0.15, 0.2) is 0 Å². The third-order valence-corrected chi connectivity index (χ3v) is 4.34. The van der Waals surface area contributed by atoms with Crippen LogP contribution in [0.1, 0.15) is 20.7 Å². The Balaban J connectivity index is 1.89. The van der Waals surface area contributed by atoms with Gasteiger partial charge in [-0.2, -0.15) is 8.42 Å². The zero-order chi connectivity index (χ0) is 20.3. The summed E-state index contributed by atoms with van der Waals surface area (Å²) in [6.45, 7) is 1.48. The molecule has 28 heavy (non-hydrogen) atoms. The van der Waals surface area contributed by atoms with Gasteiger partial charge < -0.3 is 14.2 Å². The van der Waals surface area contributed by atoms with Crippen molar-refractivity contribution >= 4 is 32.7 Å². The number of ether oxygens (including phenoxy) is 3. The summed E-state index contributed by atoms with van der Waals surface area (Å²) in [6, 6.07) is 8.02. The molecule has 1 aliphatic heterocycles. The molecule has 2 aromatic rings. The van der Waals surface area contributed by atoms with Gasteiger partial charge in [-0.25, -0.2) is 0 Å². The number of hydrogen-bond donors (Lipinski definition) is 0. The first kappa shape index (κ1) is 20.2. The Morgan fingerprint density at radius 1 is 0.964 bits per heavy atom. The number of carbonyl (C=O) groups excluding carboxylic acids is 2. The molecule has 0 bridgehead atoms. The highest BCUT2D eigenvalue weighted by Crippen LogP contribution is 2.34. The number of nitrogens with zero attached hydrogens (tertiary/aromatic N) is 1. The summed E-state index contributed by atoms with van der Waals surface area (Å²) >= 11 is 0. The van der Waals surface area contributed by atoms with Crippen LogP contribution in [0.25, 0.3) is 10.8 Å². The minimum Gasteiger partial charge on any atom is -0.491 e. The normalized spacial score (nSPS) is 14.0. The van der Waals surface area contributed by atoms with Crippen molar-refractivity contribution in [1.82, 2.24) is 5.06 Å². The molecule has 0 radical (unpaired) electrons. The van der Waals surface area contributed by atoms with Crippen LogP contribution in [0, 0.1) is 0 Å². The van der Waals surface area contributed by atoms with E-state index in [0.29, 0.717) is 36.3 Å². The number of imide groups is 1. The zero-order valence-electron chi connectivity index (χ0n) is 15.3. The molecule has 150 valence electrons. The van der Waals surface area contributed by atoms with Gasteiger partial charge in [0.2, 0.25) is 0 Å². The summed E-state index contributed by atoms with van der Waals surface area (Å²) in [5.74, 6) is -1.33. The smallest absolute Gasteiger partial charge is 0.287 e. The van der Waals surface area contributed by atoms with E-state index in [0.717, 1.165) is 6.26 Å². The molecule has 9 nitrogen and oxygen atoms in total. The van der Waals surface area contributed by atoms with Crippen molar-refractivity contribution in [3.63, 3.8) is 0 Å². The fourth-order valence-electron chi connectivity index (χ4n) is 2.81. The lowest BCUT2D eigenvalue weighted by atomic mass is 9.95. The van der Waals surface area contributed by atoms with Gasteiger partial charge in [0, 0.05) is 12.5 Å². The van der Waals surface area contributed by atoms with E-state index < -0.39 is 21.9 Å². The topological polar surface area (TPSA) is 108 Å². The third-order valence-electron chi connectivity index (χ3n) is 3.92. The highest BCUT2D eigenvalue weighted by molar-refractivity contribution is 7.85. The molecule has 0 saturated heterocycles. The molecule has 0 spiro atoms. The van der Waals surface area contributed by atoms with Crippen LogP contribution in [0.15, 0.2) is 30.3 Å². The molecule has 0 atom stereocenters. The minimum atomic E-state index is -4.07. The number of methoxy groups -OCH3 is 1. The summed E-state index contributed by atoms with van der Waals surface area (Å²) in [4.78, 5) is 25.2. The van der Waals surface area contributed by atoms with Crippen molar-refractivity contribution < 1.29 is 36.5 Å². The number of benzene rings is 2. The van der Waals surface area contributed by atoms with Crippen LogP contribution in [-0.4, -0.2) is 65.1 Å². The lowest BCUT2D eigenvalue weighted by Gasteiger charge is -2.25. The molecule has 10 heteroatoms. The lowest BCUT2D eigenvalue weighted by Crippen LogP contribution is -2.41. The molecule has 0 aromatic heterocycles. The molecule has 0 unspecified atom stereocenters. The zero-order valence-corrected chi connectivity index (χ0v) is 16.2. The Labute approximate surface area is 161 Å². The summed E-state index contributed by atoms with van der Waals surface area (Å²) in [7, 11) is -2.49. The van der Waals surface area contributed by atoms with E-state index in [4.69, 9.17) is 14.2 Å². The summed E-state index contributed by atoms with van der Waals surface area (Å²) < 4.78 is 43.3. The Morgan fingerprint density at radius 2 is 1.68 bits per heavy atom. The van der Waals surface area contributed by atoms with Gasteiger partial charge in [0.1, 0.15) is 12.4 Å². The van der Waals surface area contributed by atoms with E-state index in [1.54, 1.807) is 25.3 Å². The molecule has 1 aliphatic rings. The molecule has 1 heterocycles. The van der Waals surface area contributed by atoms with Crippen LogP contribution in [0.2, 0.25) is 0 Å². The van der Waals surface area contributed by atoms with Gasteiger partial charge in [0.25, 0.3) is 21.9 Å². The first-order chi connectivity index (χ1) is 13.3. The van der Waals surface area contributed by atoms with E-state index in [1.165, 1.54) is 12.1 Å². The number of carbonyl (C=O) groups is 2. The first-order valence-corrected chi connectivity index (χ1v) is 10.2. The molecule has 3 rings (SSSR count). The quantitative estimate of drug-likeness (QED) is 0.451. The Bertz CT molecular complexity index is 1020. The van der Waals surface area contributed by atoms with Gasteiger partial charge in [-0.3, -0.25) is 9.59 Å². The maximum atomic E-state index is 12.7. The van der Waals surface area contributed by atoms with Crippen LogP contribution in [-0.2, 0) is 23.9 Å². The van der Waals surface area contributed by atoms with Crippen LogP contribution >= 0.6 is 0 Å². The summed E-state index contributed by atoms with van der Waals surface area (Å²) in [5, 5.41) is 1.30.